The minimum atomic E-state index is -0.865. The lowest BCUT2D eigenvalue weighted by atomic mass is 9.49. The first-order chi connectivity index (χ1) is 12.8. The van der Waals surface area contributed by atoms with Gasteiger partial charge in [0.1, 0.15) is 5.75 Å². The summed E-state index contributed by atoms with van der Waals surface area (Å²) in [6, 6.07) is 6.38. The molecule has 5 atom stereocenters. The molecule has 0 aromatic heterocycles. The SMILES string of the molecule is CC(C)(O)[C@@H]1CC2C3Cc4ccc(O)cc4C2(CCN3CC2CC2)C[C@@H]1O. The summed E-state index contributed by atoms with van der Waals surface area (Å²) in [7, 11) is 0. The predicted molar refractivity (Wildman–Crippen MR) is 105 cm³/mol. The van der Waals surface area contributed by atoms with Crippen LogP contribution in [-0.4, -0.2) is 51.1 Å². The van der Waals surface area contributed by atoms with E-state index in [2.05, 4.69) is 11.0 Å². The van der Waals surface area contributed by atoms with E-state index in [1.54, 1.807) is 0 Å². The van der Waals surface area contributed by atoms with Gasteiger partial charge in [-0.25, -0.2) is 0 Å². The quantitative estimate of drug-likeness (QED) is 0.765. The number of rotatable bonds is 3. The number of benzene rings is 1. The lowest BCUT2D eigenvalue weighted by molar-refractivity contribution is -0.129. The van der Waals surface area contributed by atoms with Gasteiger partial charge in [0, 0.05) is 23.9 Å². The molecule has 27 heavy (non-hydrogen) atoms. The van der Waals surface area contributed by atoms with Gasteiger partial charge in [-0.1, -0.05) is 6.07 Å². The van der Waals surface area contributed by atoms with Gasteiger partial charge in [0.25, 0.3) is 0 Å². The van der Waals surface area contributed by atoms with E-state index in [1.807, 2.05) is 26.0 Å². The molecule has 1 aromatic rings. The van der Waals surface area contributed by atoms with E-state index in [0.717, 1.165) is 31.7 Å². The average molecular weight is 372 g/mol. The molecule has 1 heterocycles. The summed E-state index contributed by atoms with van der Waals surface area (Å²) in [5, 5.41) is 31.9. The zero-order valence-electron chi connectivity index (χ0n) is 16.6. The number of nitrogens with zero attached hydrogens (tertiary/aromatic N) is 1. The Bertz CT molecular complexity index is 738. The summed E-state index contributed by atoms with van der Waals surface area (Å²) in [6.07, 6.45) is 5.90. The molecular weight excluding hydrogens is 338 g/mol. The van der Waals surface area contributed by atoms with Crippen LogP contribution in [0, 0.1) is 17.8 Å². The van der Waals surface area contributed by atoms with Crippen molar-refractivity contribution < 1.29 is 15.3 Å². The topological polar surface area (TPSA) is 63.9 Å². The number of piperidine rings is 1. The molecule has 1 aromatic carbocycles. The fourth-order valence-corrected chi connectivity index (χ4v) is 6.66. The third-order valence-corrected chi connectivity index (χ3v) is 8.19. The number of aliphatic hydroxyl groups excluding tert-OH is 1. The Morgan fingerprint density at radius 1 is 1.26 bits per heavy atom. The van der Waals surface area contributed by atoms with E-state index < -0.39 is 11.7 Å². The molecule has 4 nitrogen and oxygen atoms in total. The van der Waals surface area contributed by atoms with Crippen LogP contribution in [-0.2, 0) is 11.8 Å². The molecule has 4 aliphatic rings. The molecule has 1 saturated heterocycles. The van der Waals surface area contributed by atoms with Gasteiger partial charge in [0.15, 0.2) is 0 Å². The van der Waals surface area contributed by atoms with Crippen LogP contribution in [0.15, 0.2) is 18.2 Å². The Balaban J connectivity index is 1.58. The van der Waals surface area contributed by atoms with Gasteiger partial charge in [-0.15, -0.1) is 0 Å². The zero-order valence-corrected chi connectivity index (χ0v) is 16.6. The van der Waals surface area contributed by atoms with Gasteiger partial charge in [-0.3, -0.25) is 4.90 Å². The lowest BCUT2D eigenvalue weighted by Crippen LogP contribution is -2.65. The van der Waals surface area contributed by atoms with Crippen molar-refractivity contribution in [2.45, 2.75) is 75.5 Å². The molecule has 3 N–H and O–H groups in total. The molecular formula is C23H33NO3. The fraction of sp³-hybridized carbons (Fsp3) is 0.739. The third-order valence-electron chi connectivity index (χ3n) is 8.19. The van der Waals surface area contributed by atoms with Crippen LogP contribution in [0.4, 0.5) is 0 Å². The van der Waals surface area contributed by atoms with Crippen LogP contribution in [0.5, 0.6) is 5.75 Å². The van der Waals surface area contributed by atoms with Crippen molar-refractivity contribution in [2.75, 3.05) is 13.1 Å². The van der Waals surface area contributed by atoms with E-state index in [1.165, 1.54) is 30.5 Å². The lowest BCUT2D eigenvalue weighted by Gasteiger charge is -2.62. The van der Waals surface area contributed by atoms with Crippen LogP contribution in [0.3, 0.4) is 0 Å². The summed E-state index contributed by atoms with van der Waals surface area (Å²) in [5.41, 5.74) is 1.69. The van der Waals surface area contributed by atoms with E-state index in [9.17, 15) is 15.3 Å². The molecule has 0 radical (unpaired) electrons. The number of likely N-dealkylation sites (tertiary alicyclic amines) is 1. The number of phenols is 1. The second-order valence-electron chi connectivity index (χ2n) is 10.3. The van der Waals surface area contributed by atoms with Crippen molar-refractivity contribution in [3.8, 4) is 5.75 Å². The Hall–Kier alpha value is -1.10. The number of aromatic hydroxyl groups is 1. The van der Waals surface area contributed by atoms with Crippen molar-refractivity contribution in [1.29, 1.82) is 0 Å². The Kier molecular flexibility index (Phi) is 3.96. The molecule has 4 heteroatoms. The maximum Gasteiger partial charge on any atom is 0.115 e. The summed E-state index contributed by atoms with van der Waals surface area (Å²) in [5.74, 6) is 1.56. The van der Waals surface area contributed by atoms with E-state index in [0.29, 0.717) is 24.1 Å². The smallest absolute Gasteiger partial charge is 0.115 e. The summed E-state index contributed by atoms with van der Waals surface area (Å²) in [4.78, 5) is 2.72. The molecule has 0 amide bonds. The van der Waals surface area contributed by atoms with Crippen LogP contribution in [0.2, 0.25) is 0 Å². The second kappa shape index (κ2) is 5.95. The van der Waals surface area contributed by atoms with Gasteiger partial charge >= 0.3 is 0 Å². The zero-order chi connectivity index (χ0) is 19.0. The van der Waals surface area contributed by atoms with Gasteiger partial charge in [0.2, 0.25) is 0 Å². The Morgan fingerprint density at radius 2 is 2.04 bits per heavy atom. The minimum absolute atomic E-state index is 0.0573. The average Bonchev–Trinajstić information content (AvgIpc) is 3.40. The summed E-state index contributed by atoms with van der Waals surface area (Å²) < 4.78 is 0. The normalized spacial score (nSPS) is 39.0. The van der Waals surface area contributed by atoms with Gasteiger partial charge < -0.3 is 15.3 Å². The van der Waals surface area contributed by atoms with E-state index in [4.69, 9.17) is 0 Å². The number of fused-ring (bicyclic) bond motifs is 1. The Morgan fingerprint density at radius 3 is 2.74 bits per heavy atom. The highest BCUT2D eigenvalue weighted by Crippen LogP contribution is 2.58. The standard InChI is InChI=1S/C23H33NO3/c1-22(2,27)19-11-18-20-9-15-5-6-16(25)10-17(15)23(18,12-21(19)26)7-8-24(20)13-14-3-4-14/h5-6,10,14,18-21,25-27H,3-4,7-9,11-13H2,1-2H3/t18?,19-,20?,21+,23?/m1/s1. The highest BCUT2D eigenvalue weighted by atomic mass is 16.3. The highest BCUT2D eigenvalue weighted by molar-refractivity contribution is 5.45. The summed E-state index contributed by atoms with van der Waals surface area (Å²) >= 11 is 0. The van der Waals surface area contributed by atoms with Gasteiger partial charge in [-0.2, -0.15) is 0 Å². The molecule has 2 bridgehead atoms. The minimum Gasteiger partial charge on any atom is -0.508 e. The van der Waals surface area contributed by atoms with Crippen molar-refractivity contribution in [3.05, 3.63) is 29.3 Å². The van der Waals surface area contributed by atoms with Crippen molar-refractivity contribution >= 4 is 0 Å². The molecule has 3 fully saturated rings. The van der Waals surface area contributed by atoms with E-state index in [-0.39, 0.29) is 11.3 Å². The van der Waals surface area contributed by atoms with Gasteiger partial charge in [-0.05, 0) is 94.0 Å². The van der Waals surface area contributed by atoms with Crippen molar-refractivity contribution in [3.63, 3.8) is 0 Å². The van der Waals surface area contributed by atoms with Crippen LogP contribution in [0.1, 0.15) is 57.1 Å². The molecule has 2 saturated carbocycles. The second-order valence-corrected chi connectivity index (χ2v) is 10.3. The number of hydrogen-bond donors (Lipinski definition) is 3. The number of phenolic OH excluding ortho intramolecular Hbond substituents is 1. The van der Waals surface area contributed by atoms with Gasteiger partial charge in [0.05, 0.1) is 11.7 Å². The molecule has 3 unspecified atom stereocenters. The fourth-order valence-electron chi connectivity index (χ4n) is 6.66. The molecule has 5 rings (SSSR count). The molecule has 1 aliphatic heterocycles. The summed E-state index contributed by atoms with van der Waals surface area (Å²) in [6.45, 7) is 5.99. The number of aliphatic hydroxyl groups is 2. The maximum atomic E-state index is 11.0. The first-order valence-corrected chi connectivity index (χ1v) is 10.7. The first kappa shape index (κ1) is 18.0. The number of hydrogen-bond acceptors (Lipinski definition) is 4. The van der Waals surface area contributed by atoms with Crippen LogP contribution < -0.4 is 0 Å². The third kappa shape index (κ3) is 2.83. The van der Waals surface area contributed by atoms with E-state index >= 15 is 0 Å². The predicted octanol–water partition coefficient (Wildman–Crippen LogP) is 2.83. The largest absolute Gasteiger partial charge is 0.508 e. The van der Waals surface area contributed by atoms with Crippen molar-refractivity contribution in [1.82, 2.24) is 4.90 Å². The molecule has 3 aliphatic carbocycles. The molecule has 0 spiro atoms. The first-order valence-electron chi connectivity index (χ1n) is 10.7. The monoisotopic (exact) mass is 371 g/mol. The Labute approximate surface area is 162 Å². The van der Waals surface area contributed by atoms with Crippen LogP contribution >= 0.6 is 0 Å². The maximum absolute atomic E-state index is 11.0. The highest BCUT2D eigenvalue weighted by Gasteiger charge is 2.59. The van der Waals surface area contributed by atoms with Crippen LogP contribution in [0.25, 0.3) is 0 Å². The molecule has 148 valence electrons. The van der Waals surface area contributed by atoms with Crippen molar-refractivity contribution in [2.24, 2.45) is 17.8 Å².